The molecule has 0 unspecified atom stereocenters. The van der Waals surface area contributed by atoms with E-state index in [-0.39, 0.29) is 24.0 Å². The summed E-state index contributed by atoms with van der Waals surface area (Å²) in [5, 5.41) is 3.47. The van der Waals surface area contributed by atoms with Gasteiger partial charge in [0, 0.05) is 46.3 Å². The van der Waals surface area contributed by atoms with Crippen LogP contribution in [-0.4, -0.2) is 82.8 Å². The molecule has 0 saturated carbocycles. The maximum absolute atomic E-state index is 5.48. The summed E-state index contributed by atoms with van der Waals surface area (Å²) in [7, 11) is 5.73. The number of ether oxygens (including phenoxy) is 1. The number of methoxy groups -OCH3 is 1. The van der Waals surface area contributed by atoms with Gasteiger partial charge in [-0.1, -0.05) is 19.1 Å². The molecule has 1 saturated heterocycles. The number of rotatable bonds is 6. The number of hydrogen-bond donors (Lipinski definition) is 1. The van der Waals surface area contributed by atoms with Crippen LogP contribution in [0.1, 0.15) is 6.92 Å². The highest BCUT2D eigenvalue weighted by Gasteiger charge is 2.21. The lowest BCUT2D eigenvalue weighted by Crippen LogP contribution is -2.53. The first-order chi connectivity index (χ1) is 11.7. The van der Waals surface area contributed by atoms with Crippen molar-refractivity contribution in [2.45, 2.75) is 6.92 Å². The summed E-state index contributed by atoms with van der Waals surface area (Å²) >= 11 is 0. The van der Waals surface area contributed by atoms with Crippen molar-refractivity contribution in [2.75, 3.05) is 71.9 Å². The van der Waals surface area contributed by atoms with Gasteiger partial charge in [-0.05, 0) is 25.7 Å². The minimum atomic E-state index is 0. The molecule has 1 aromatic carbocycles. The summed E-state index contributed by atoms with van der Waals surface area (Å²) in [6, 6.07) is 8.22. The molecule has 0 aliphatic carbocycles. The Morgan fingerprint density at radius 2 is 1.92 bits per heavy atom. The predicted molar refractivity (Wildman–Crippen MR) is 117 cm³/mol. The van der Waals surface area contributed by atoms with E-state index in [1.165, 1.54) is 5.69 Å². The molecule has 1 N–H and O–H groups in total. The van der Waals surface area contributed by atoms with Crippen molar-refractivity contribution in [3.63, 3.8) is 0 Å². The third-order valence-electron chi connectivity index (χ3n) is 4.53. The van der Waals surface area contributed by atoms with Gasteiger partial charge in [-0.25, -0.2) is 0 Å². The summed E-state index contributed by atoms with van der Waals surface area (Å²) in [4.78, 5) is 11.4. The molecule has 0 spiro atoms. The van der Waals surface area contributed by atoms with E-state index in [2.05, 4.69) is 51.1 Å². The normalized spacial score (nSPS) is 15.2. The Hall–Kier alpha value is -1.22. The summed E-state index contributed by atoms with van der Waals surface area (Å²) in [6.45, 7) is 9.04. The van der Waals surface area contributed by atoms with Crippen LogP contribution >= 0.6 is 24.0 Å². The summed E-state index contributed by atoms with van der Waals surface area (Å²) in [6.07, 6.45) is 0. The van der Waals surface area contributed by atoms with Gasteiger partial charge in [0.15, 0.2) is 5.96 Å². The van der Waals surface area contributed by atoms with Crippen molar-refractivity contribution >= 4 is 35.6 Å². The van der Waals surface area contributed by atoms with E-state index in [0.29, 0.717) is 0 Å². The highest BCUT2D eigenvalue weighted by molar-refractivity contribution is 14.0. The first-order valence-electron chi connectivity index (χ1n) is 8.71. The third kappa shape index (κ3) is 6.22. The minimum absolute atomic E-state index is 0. The molecule has 1 fully saturated rings. The Morgan fingerprint density at radius 3 is 2.52 bits per heavy atom. The molecule has 1 heterocycles. The average Bonchev–Trinajstić information content (AvgIpc) is 2.65. The van der Waals surface area contributed by atoms with E-state index >= 15 is 0 Å². The van der Waals surface area contributed by atoms with E-state index in [1.807, 2.05) is 19.2 Å². The van der Waals surface area contributed by atoms with Crippen LogP contribution in [-0.2, 0) is 0 Å². The van der Waals surface area contributed by atoms with E-state index < -0.39 is 0 Å². The van der Waals surface area contributed by atoms with Crippen LogP contribution in [0.4, 0.5) is 5.69 Å². The second kappa shape index (κ2) is 11.4. The molecule has 0 aromatic heterocycles. The number of piperazine rings is 1. The van der Waals surface area contributed by atoms with E-state index in [0.717, 1.165) is 57.5 Å². The van der Waals surface area contributed by atoms with Gasteiger partial charge in [0.25, 0.3) is 0 Å². The summed E-state index contributed by atoms with van der Waals surface area (Å²) in [5.74, 6) is 1.94. The van der Waals surface area contributed by atoms with Gasteiger partial charge in [0.2, 0.25) is 0 Å². The average molecular weight is 461 g/mol. The number of para-hydroxylation sites is 2. The fourth-order valence-corrected chi connectivity index (χ4v) is 2.90. The first-order valence-corrected chi connectivity index (χ1v) is 8.71. The van der Waals surface area contributed by atoms with Crippen LogP contribution in [0.25, 0.3) is 0 Å². The lowest BCUT2D eigenvalue weighted by molar-refractivity contribution is 0.343. The predicted octanol–water partition coefficient (Wildman–Crippen LogP) is 1.96. The fraction of sp³-hybridized carbons (Fsp3) is 0.611. The number of guanidine groups is 1. The Balaban J connectivity index is 0.00000312. The maximum Gasteiger partial charge on any atom is 0.193 e. The lowest BCUT2D eigenvalue weighted by Gasteiger charge is -2.38. The van der Waals surface area contributed by atoms with Crippen LogP contribution in [0.2, 0.25) is 0 Å². The Kier molecular flexibility index (Phi) is 9.96. The highest BCUT2D eigenvalue weighted by Crippen LogP contribution is 2.28. The number of likely N-dealkylation sites (N-methyl/N-ethyl adjacent to an activating group) is 1. The van der Waals surface area contributed by atoms with Gasteiger partial charge in [-0.3, -0.25) is 4.99 Å². The van der Waals surface area contributed by atoms with Crippen molar-refractivity contribution in [1.82, 2.24) is 15.1 Å². The van der Waals surface area contributed by atoms with Crippen molar-refractivity contribution < 1.29 is 4.74 Å². The number of benzene rings is 1. The molecule has 0 radical (unpaired) electrons. The second-order valence-electron chi connectivity index (χ2n) is 6.02. The molecule has 1 aliphatic heterocycles. The lowest BCUT2D eigenvalue weighted by atomic mass is 10.2. The van der Waals surface area contributed by atoms with E-state index in [9.17, 15) is 0 Å². The molecule has 2 rings (SSSR count). The number of aliphatic imine (C=N–C) groups is 1. The van der Waals surface area contributed by atoms with Crippen LogP contribution in [0.5, 0.6) is 5.75 Å². The van der Waals surface area contributed by atoms with Crippen LogP contribution in [0.15, 0.2) is 29.3 Å². The Bertz CT molecular complexity index is 532. The number of nitrogens with one attached hydrogen (secondary N) is 1. The van der Waals surface area contributed by atoms with Crippen LogP contribution in [0.3, 0.4) is 0 Å². The number of hydrogen-bond acceptors (Lipinski definition) is 4. The second-order valence-corrected chi connectivity index (χ2v) is 6.02. The van der Waals surface area contributed by atoms with Crippen molar-refractivity contribution in [3.05, 3.63) is 24.3 Å². The van der Waals surface area contributed by atoms with Crippen molar-refractivity contribution in [1.29, 1.82) is 0 Å². The monoisotopic (exact) mass is 461 g/mol. The zero-order valence-electron chi connectivity index (χ0n) is 15.9. The Morgan fingerprint density at radius 1 is 1.24 bits per heavy atom. The van der Waals surface area contributed by atoms with E-state index in [4.69, 9.17) is 4.74 Å². The number of halogens is 1. The molecule has 142 valence electrons. The minimum Gasteiger partial charge on any atom is -0.495 e. The van der Waals surface area contributed by atoms with Crippen molar-refractivity contribution in [3.8, 4) is 5.75 Å². The Labute approximate surface area is 169 Å². The molecule has 0 amide bonds. The molecule has 6 nitrogen and oxygen atoms in total. The molecular weight excluding hydrogens is 429 g/mol. The molecule has 7 heteroatoms. The molecule has 1 aromatic rings. The highest BCUT2D eigenvalue weighted by atomic mass is 127. The molecular formula is C18H32IN5O. The van der Waals surface area contributed by atoms with Gasteiger partial charge in [0.1, 0.15) is 5.75 Å². The SMILES string of the molecule is CCN(C)CCNC(=NC)N1CCN(c2ccccc2OC)CC1.I. The topological polar surface area (TPSA) is 43.3 Å². The molecule has 25 heavy (non-hydrogen) atoms. The van der Waals surface area contributed by atoms with Crippen LogP contribution < -0.4 is 15.0 Å². The number of nitrogens with zero attached hydrogens (tertiary/aromatic N) is 4. The molecule has 1 aliphatic rings. The van der Waals surface area contributed by atoms with Gasteiger partial charge >= 0.3 is 0 Å². The smallest absolute Gasteiger partial charge is 0.193 e. The fourth-order valence-electron chi connectivity index (χ4n) is 2.90. The largest absolute Gasteiger partial charge is 0.495 e. The van der Waals surface area contributed by atoms with Gasteiger partial charge < -0.3 is 24.8 Å². The van der Waals surface area contributed by atoms with E-state index in [1.54, 1.807) is 7.11 Å². The summed E-state index contributed by atoms with van der Waals surface area (Å²) in [5.41, 5.74) is 1.17. The zero-order chi connectivity index (χ0) is 17.4. The summed E-state index contributed by atoms with van der Waals surface area (Å²) < 4.78 is 5.48. The van der Waals surface area contributed by atoms with Gasteiger partial charge in [-0.2, -0.15) is 0 Å². The van der Waals surface area contributed by atoms with Gasteiger partial charge in [0.05, 0.1) is 12.8 Å². The quantitative estimate of drug-likeness (QED) is 0.399. The third-order valence-corrected chi connectivity index (χ3v) is 4.53. The zero-order valence-corrected chi connectivity index (χ0v) is 18.2. The molecule has 0 atom stereocenters. The number of anilines is 1. The van der Waals surface area contributed by atoms with Crippen molar-refractivity contribution in [2.24, 2.45) is 4.99 Å². The maximum atomic E-state index is 5.48. The molecule has 0 bridgehead atoms. The standard InChI is InChI=1S/C18H31N5O.HI/c1-5-21(3)11-10-20-18(19-2)23-14-12-22(13-15-23)16-8-6-7-9-17(16)24-4;/h6-9H,5,10-15H2,1-4H3,(H,19,20);1H. The van der Waals surface area contributed by atoms with Crippen LogP contribution in [0, 0.1) is 0 Å². The van der Waals surface area contributed by atoms with Gasteiger partial charge in [-0.15, -0.1) is 24.0 Å². The first kappa shape index (κ1) is 21.8.